The summed E-state index contributed by atoms with van der Waals surface area (Å²) in [5, 5.41) is -0.378. The highest BCUT2D eigenvalue weighted by molar-refractivity contribution is 6.67. The van der Waals surface area contributed by atoms with E-state index in [4.69, 9.17) is 11.6 Å². The molecular weight excluding hydrogens is 244 g/mol. The highest BCUT2D eigenvalue weighted by Gasteiger charge is 2.21. The van der Waals surface area contributed by atoms with Gasteiger partial charge in [-0.15, -0.1) is 6.58 Å². The first-order valence-electron chi connectivity index (χ1n) is 6.61. The Labute approximate surface area is 114 Å². The zero-order chi connectivity index (χ0) is 13.0. The van der Waals surface area contributed by atoms with Crippen molar-refractivity contribution >= 4 is 16.8 Å². The molecule has 2 heteroatoms. The van der Waals surface area contributed by atoms with Crippen molar-refractivity contribution in [2.75, 3.05) is 0 Å². The maximum atomic E-state index is 11.0. The molecule has 1 fully saturated rings. The van der Waals surface area contributed by atoms with E-state index in [1.807, 2.05) is 30.3 Å². The molecule has 1 nitrogen and oxygen atoms in total. The number of rotatable bonds is 4. The summed E-state index contributed by atoms with van der Waals surface area (Å²) in [5.74, 6) is 1.47. The SMILES string of the molecule is C=CCC1CCC(c2ccc(C(=O)Cl)cc2)CC1. The molecule has 0 bridgehead atoms. The van der Waals surface area contributed by atoms with Gasteiger partial charge in [0.2, 0.25) is 0 Å². The summed E-state index contributed by atoms with van der Waals surface area (Å²) in [6, 6.07) is 7.77. The normalized spacial score (nSPS) is 23.6. The van der Waals surface area contributed by atoms with Crippen LogP contribution in [0.4, 0.5) is 0 Å². The van der Waals surface area contributed by atoms with Crippen LogP contribution in [0.25, 0.3) is 0 Å². The third-order valence-electron chi connectivity index (χ3n) is 3.96. The second-order valence-electron chi connectivity index (χ2n) is 5.14. The van der Waals surface area contributed by atoms with E-state index in [-0.39, 0.29) is 5.24 Å². The molecule has 0 aromatic heterocycles. The Kier molecular flexibility index (Phi) is 4.60. The van der Waals surface area contributed by atoms with Gasteiger partial charge >= 0.3 is 0 Å². The van der Waals surface area contributed by atoms with Crippen molar-refractivity contribution in [3.63, 3.8) is 0 Å². The smallest absolute Gasteiger partial charge is 0.252 e. The molecule has 1 aromatic carbocycles. The van der Waals surface area contributed by atoms with Crippen LogP contribution in [0.5, 0.6) is 0 Å². The van der Waals surface area contributed by atoms with Gasteiger partial charge in [-0.1, -0.05) is 18.2 Å². The van der Waals surface area contributed by atoms with Crippen LogP contribution in [-0.4, -0.2) is 5.24 Å². The number of carbonyl (C=O) groups is 1. The summed E-state index contributed by atoms with van der Waals surface area (Å²) in [7, 11) is 0. The molecule has 2 rings (SSSR count). The Balaban J connectivity index is 1.97. The van der Waals surface area contributed by atoms with Crippen molar-refractivity contribution in [2.24, 2.45) is 5.92 Å². The van der Waals surface area contributed by atoms with Crippen molar-refractivity contribution in [2.45, 2.75) is 38.0 Å². The van der Waals surface area contributed by atoms with Gasteiger partial charge in [0.15, 0.2) is 0 Å². The molecular formula is C16H19ClO. The van der Waals surface area contributed by atoms with Crippen LogP contribution in [0.3, 0.4) is 0 Å². The first-order valence-corrected chi connectivity index (χ1v) is 6.99. The van der Waals surface area contributed by atoms with Gasteiger partial charge in [-0.2, -0.15) is 0 Å². The Hall–Kier alpha value is -1.08. The van der Waals surface area contributed by atoms with E-state index in [1.54, 1.807) is 0 Å². The van der Waals surface area contributed by atoms with E-state index in [0.29, 0.717) is 11.5 Å². The van der Waals surface area contributed by atoms with Gasteiger partial charge in [-0.05, 0) is 73.2 Å². The minimum Gasteiger partial charge on any atom is -0.276 e. The Morgan fingerprint density at radius 2 is 1.83 bits per heavy atom. The summed E-state index contributed by atoms with van der Waals surface area (Å²) in [6.07, 6.45) is 8.23. The zero-order valence-electron chi connectivity index (χ0n) is 10.6. The molecule has 0 radical (unpaired) electrons. The second kappa shape index (κ2) is 6.19. The minimum atomic E-state index is -0.378. The number of carbonyl (C=O) groups excluding carboxylic acids is 1. The molecule has 1 aliphatic rings. The number of halogens is 1. The largest absolute Gasteiger partial charge is 0.276 e. The fourth-order valence-corrected chi connectivity index (χ4v) is 2.98. The van der Waals surface area contributed by atoms with Crippen molar-refractivity contribution in [1.82, 2.24) is 0 Å². The third kappa shape index (κ3) is 3.23. The van der Waals surface area contributed by atoms with Crippen LogP contribution in [0.2, 0.25) is 0 Å². The van der Waals surface area contributed by atoms with Crippen LogP contribution < -0.4 is 0 Å². The Bertz CT molecular complexity index is 413. The van der Waals surface area contributed by atoms with E-state index < -0.39 is 0 Å². The van der Waals surface area contributed by atoms with Crippen molar-refractivity contribution in [3.8, 4) is 0 Å². The fraction of sp³-hybridized carbons (Fsp3) is 0.438. The molecule has 0 spiro atoms. The van der Waals surface area contributed by atoms with Gasteiger partial charge in [-0.25, -0.2) is 0 Å². The van der Waals surface area contributed by atoms with Crippen LogP contribution in [0, 0.1) is 5.92 Å². The molecule has 0 aliphatic heterocycles. The molecule has 18 heavy (non-hydrogen) atoms. The summed E-state index contributed by atoms with van der Waals surface area (Å²) in [5.41, 5.74) is 1.93. The number of allylic oxidation sites excluding steroid dienone is 1. The van der Waals surface area contributed by atoms with Crippen LogP contribution in [0.15, 0.2) is 36.9 Å². The van der Waals surface area contributed by atoms with E-state index in [1.165, 1.54) is 31.2 Å². The number of hydrogen-bond donors (Lipinski definition) is 0. The van der Waals surface area contributed by atoms with Gasteiger partial charge in [0.25, 0.3) is 5.24 Å². The lowest BCUT2D eigenvalue weighted by Gasteiger charge is -2.28. The van der Waals surface area contributed by atoms with E-state index in [2.05, 4.69) is 6.58 Å². The summed E-state index contributed by atoms with van der Waals surface area (Å²) in [4.78, 5) is 11.0. The lowest BCUT2D eigenvalue weighted by molar-refractivity contribution is 0.108. The molecule has 1 aromatic rings. The first-order chi connectivity index (χ1) is 8.70. The lowest BCUT2D eigenvalue weighted by Crippen LogP contribution is -2.12. The monoisotopic (exact) mass is 262 g/mol. The topological polar surface area (TPSA) is 17.1 Å². The van der Waals surface area contributed by atoms with Crippen molar-refractivity contribution in [3.05, 3.63) is 48.0 Å². The van der Waals surface area contributed by atoms with Crippen molar-refractivity contribution in [1.29, 1.82) is 0 Å². The zero-order valence-corrected chi connectivity index (χ0v) is 11.3. The third-order valence-corrected chi connectivity index (χ3v) is 4.17. The molecule has 0 amide bonds. The summed E-state index contributed by atoms with van der Waals surface area (Å²) < 4.78 is 0. The second-order valence-corrected chi connectivity index (χ2v) is 5.48. The van der Waals surface area contributed by atoms with Crippen LogP contribution in [-0.2, 0) is 0 Å². The predicted molar refractivity (Wildman–Crippen MR) is 76.1 cm³/mol. The van der Waals surface area contributed by atoms with E-state index in [0.717, 1.165) is 12.3 Å². The van der Waals surface area contributed by atoms with Crippen LogP contribution in [0.1, 0.15) is 53.9 Å². The van der Waals surface area contributed by atoms with Gasteiger partial charge in [-0.3, -0.25) is 4.79 Å². The molecule has 0 N–H and O–H groups in total. The summed E-state index contributed by atoms with van der Waals surface area (Å²) >= 11 is 5.45. The minimum absolute atomic E-state index is 0.378. The molecule has 1 aliphatic carbocycles. The molecule has 0 heterocycles. The van der Waals surface area contributed by atoms with Crippen LogP contribution >= 0.6 is 11.6 Å². The standard InChI is InChI=1S/C16H19ClO/c1-2-3-12-4-6-13(7-5-12)14-8-10-15(11-9-14)16(17)18/h2,8-13H,1,3-7H2. The first kappa shape index (κ1) is 13.4. The quantitative estimate of drug-likeness (QED) is 0.556. The highest BCUT2D eigenvalue weighted by Crippen LogP contribution is 2.37. The number of hydrogen-bond acceptors (Lipinski definition) is 1. The average Bonchev–Trinajstić information content (AvgIpc) is 2.40. The number of benzene rings is 1. The average molecular weight is 263 g/mol. The fourth-order valence-electron chi connectivity index (χ4n) is 2.85. The van der Waals surface area contributed by atoms with Gasteiger partial charge < -0.3 is 0 Å². The van der Waals surface area contributed by atoms with E-state index >= 15 is 0 Å². The molecule has 0 saturated heterocycles. The molecule has 96 valence electrons. The van der Waals surface area contributed by atoms with E-state index in [9.17, 15) is 4.79 Å². The Morgan fingerprint density at radius 3 is 2.33 bits per heavy atom. The van der Waals surface area contributed by atoms with Gasteiger partial charge in [0.05, 0.1) is 0 Å². The van der Waals surface area contributed by atoms with Gasteiger partial charge in [0, 0.05) is 5.56 Å². The predicted octanol–water partition coefficient (Wildman–Crippen LogP) is 4.92. The maximum absolute atomic E-state index is 11.0. The van der Waals surface area contributed by atoms with Crippen molar-refractivity contribution < 1.29 is 4.79 Å². The Morgan fingerprint density at radius 1 is 1.22 bits per heavy atom. The summed E-state index contributed by atoms with van der Waals surface area (Å²) in [6.45, 7) is 3.81. The lowest BCUT2D eigenvalue weighted by atomic mass is 9.77. The van der Waals surface area contributed by atoms with Gasteiger partial charge in [0.1, 0.15) is 0 Å². The molecule has 0 atom stereocenters. The highest BCUT2D eigenvalue weighted by atomic mass is 35.5. The molecule has 1 saturated carbocycles. The molecule has 0 unspecified atom stereocenters. The maximum Gasteiger partial charge on any atom is 0.252 e.